The van der Waals surface area contributed by atoms with Gasteiger partial charge in [-0.2, -0.15) is 11.3 Å². The summed E-state index contributed by atoms with van der Waals surface area (Å²) in [5.74, 6) is 2.57. The van der Waals surface area contributed by atoms with Crippen molar-refractivity contribution in [2.45, 2.75) is 33.2 Å². The van der Waals surface area contributed by atoms with Crippen molar-refractivity contribution >= 4 is 23.0 Å². The van der Waals surface area contributed by atoms with E-state index < -0.39 is 0 Å². The number of nitrogens with two attached hydrogens (primary N) is 1. The molecule has 4 nitrogen and oxygen atoms in total. The number of nitrogen functional groups attached to an aromatic ring is 1. The molecule has 0 bridgehead atoms. The van der Waals surface area contributed by atoms with Crippen molar-refractivity contribution in [2.24, 2.45) is 0 Å². The molecule has 2 aromatic heterocycles. The highest BCUT2D eigenvalue weighted by molar-refractivity contribution is 7.07. The molecule has 0 fully saturated rings. The van der Waals surface area contributed by atoms with Crippen LogP contribution in [0.15, 0.2) is 16.8 Å². The van der Waals surface area contributed by atoms with E-state index in [0.717, 1.165) is 23.8 Å². The molecule has 2 aromatic rings. The minimum atomic E-state index is 0.274. The molecule has 0 aliphatic rings. The van der Waals surface area contributed by atoms with Crippen molar-refractivity contribution in [3.05, 3.63) is 33.8 Å². The molecule has 2 N–H and O–H groups in total. The summed E-state index contributed by atoms with van der Waals surface area (Å²) in [6.45, 7) is 6.96. The van der Waals surface area contributed by atoms with Crippen LogP contribution < -0.4 is 10.6 Å². The van der Waals surface area contributed by atoms with Crippen molar-refractivity contribution in [2.75, 3.05) is 17.7 Å². The SMILES string of the molecule is Cc1c(N)nc(C(C)C)nc1N(C)Cc1ccsc1. The molecule has 0 saturated heterocycles. The highest BCUT2D eigenvalue weighted by atomic mass is 32.1. The Hall–Kier alpha value is -1.62. The highest BCUT2D eigenvalue weighted by Crippen LogP contribution is 2.24. The van der Waals surface area contributed by atoms with Gasteiger partial charge in [-0.1, -0.05) is 13.8 Å². The zero-order chi connectivity index (χ0) is 14.0. The quantitative estimate of drug-likeness (QED) is 0.931. The van der Waals surface area contributed by atoms with Gasteiger partial charge < -0.3 is 10.6 Å². The second kappa shape index (κ2) is 5.57. The molecule has 19 heavy (non-hydrogen) atoms. The van der Waals surface area contributed by atoms with E-state index in [4.69, 9.17) is 5.73 Å². The first kappa shape index (κ1) is 13.8. The molecule has 0 aromatic carbocycles. The summed E-state index contributed by atoms with van der Waals surface area (Å²) in [6, 6.07) is 2.13. The van der Waals surface area contributed by atoms with Crippen LogP contribution in [0, 0.1) is 6.92 Å². The number of anilines is 2. The summed E-state index contributed by atoms with van der Waals surface area (Å²) in [6.07, 6.45) is 0. The Labute approximate surface area is 118 Å². The van der Waals surface area contributed by atoms with Crippen molar-refractivity contribution in [1.29, 1.82) is 0 Å². The summed E-state index contributed by atoms with van der Waals surface area (Å²) < 4.78 is 0. The van der Waals surface area contributed by atoms with E-state index in [-0.39, 0.29) is 5.92 Å². The average Bonchev–Trinajstić information content (AvgIpc) is 2.84. The molecular formula is C14H20N4S. The Morgan fingerprint density at radius 1 is 1.37 bits per heavy atom. The van der Waals surface area contributed by atoms with Gasteiger partial charge in [-0.15, -0.1) is 0 Å². The number of hydrogen-bond acceptors (Lipinski definition) is 5. The minimum absolute atomic E-state index is 0.274. The van der Waals surface area contributed by atoms with E-state index in [2.05, 4.69) is 45.5 Å². The van der Waals surface area contributed by atoms with E-state index in [1.54, 1.807) is 11.3 Å². The lowest BCUT2D eigenvalue weighted by molar-refractivity contribution is 0.761. The van der Waals surface area contributed by atoms with Crippen LogP contribution in [0.4, 0.5) is 11.6 Å². The topological polar surface area (TPSA) is 55.0 Å². The first-order chi connectivity index (χ1) is 8.99. The van der Waals surface area contributed by atoms with Crippen molar-refractivity contribution in [3.8, 4) is 0 Å². The molecule has 0 amide bonds. The molecular weight excluding hydrogens is 256 g/mol. The van der Waals surface area contributed by atoms with E-state index in [1.807, 2.05) is 14.0 Å². The summed E-state index contributed by atoms with van der Waals surface area (Å²) in [7, 11) is 2.04. The van der Waals surface area contributed by atoms with E-state index in [9.17, 15) is 0 Å². The number of thiophene rings is 1. The zero-order valence-corrected chi connectivity index (χ0v) is 12.7. The van der Waals surface area contributed by atoms with Crippen molar-refractivity contribution in [1.82, 2.24) is 9.97 Å². The number of rotatable bonds is 4. The highest BCUT2D eigenvalue weighted by Gasteiger charge is 2.14. The van der Waals surface area contributed by atoms with Gasteiger partial charge in [0, 0.05) is 25.1 Å². The van der Waals surface area contributed by atoms with Crippen LogP contribution in [0.1, 0.15) is 36.7 Å². The van der Waals surface area contributed by atoms with Gasteiger partial charge in [0.2, 0.25) is 0 Å². The van der Waals surface area contributed by atoms with Crippen LogP contribution in [0.5, 0.6) is 0 Å². The van der Waals surface area contributed by atoms with Crippen molar-refractivity contribution < 1.29 is 0 Å². The summed E-state index contributed by atoms with van der Waals surface area (Å²) >= 11 is 1.71. The normalized spacial score (nSPS) is 11.0. The maximum Gasteiger partial charge on any atom is 0.137 e. The lowest BCUT2D eigenvalue weighted by Gasteiger charge is -2.21. The molecule has 0 unspecified atom stereocenters. The van der Waals surface area contributed by atoms with E-state index in [1.165, 1.54) is 5.56 Å². The summed E-state index contributed by atoms with van der Waals surface area (Å²) in [5.41, 5.74) is 8.23. The van der Waals surface area contributed by atoms with E-state index in [0.29, 0.717) is 5.82 Å². The molecule has 0 saturated carbocycles. The average molecular weight is 276 g/mol. The van der Waals surface area contributed by atoms with Gasteiger partial charge in [-0.3, -0.25) is 0 Å². The third-order valence-electron chi connectivity index (χ3n) is 3.05. The predicted octanol–water partition coefficient (Wildman–Crippen LogP) is 3.19. The van der Waals surface area contributed by atoms with Gasteiger partial charge in [-0.25, -0.2) is 9.97 Å². The second-order valence-electron chi connectivity index (χ2n) is 5.06. The van der Waals surface area contributed by atoms with Gasteiger partial charge in [0.1, 0.15) is 17.5 Å². The molecule has 5 heteroatoms. The molecule has 0 radical (unpaired) electrons. The molecule has 102 valence electrons. The fourth-order valence-electron chi connectivity index (χ4n) is 1.90. The van der Waals surface area contributed by atoms with Crippen LogP contribution >= 0.6 is 11.3 Å². The largest absolute Gasteiger partial charge is 0.383 e. The molecule has 2 heterocycles. The van der Waals surface area contributed by atoms with E-state index >= 15 is 0 Å². The minimum Gasteiger partial charge on any atom is -0.383 e. The smallest absolute Gasteiger partial charge is 0.137 e. The Balaban J connectivity index is 2.32. The summed E-state index contributed by atoms with van der Waals surface area (Å²) in [5, 5.41) is 4.24. The Kier molecular flexibility index (Phi) is 4.04. The Morgan fingerprint density at radius 3 is 2.68 bits per heavy atom. The monoisotopic (exact) mass is 276 g/mol. The Bertz CT molecular complexity index is 549. The first-order valence-electron chi connectivity index (χ1n) is 6.35. The number of aromatic nitrogens is 2. The van der Waals surface area contributed by atoms with Crippen LogP contribution in [0.3, 0.4) is 0 Å². The lowest BCUT2D eigenvalue weighted by atomic mass is 10.2. The molecule has 0 atom stereocenters. The van der Waals surface area contributed by atoms with Gasteiger partial charge in [0.15, 0.2) is 0 Å². The first-order valence-corrected chi connectivity index (χ1v) is 7.29. The maximum atomic E-state index is 5.99. The van der Waals surface area contributed by atoms with Crippen LogP contribution in [-0.2, 0) is 6.54 Å². The summed E-state index contributed by atoms with van der Waals surface area (Å²) in [4.78, 5) is 11.1. The standard InChI is InChI=1S/C14H20N4S/c1-9(2)13-16-12(15)10(3)14(17-13)18(4)7-11-5-6-19-8-11/h5-6,8-9H,7H2,1-4H3,(H2,15,16,17). The fourth-order valence-corrected chi connectivity index (χ4v) is 2.56. The van der Waals surface area contributed by atoms with Crippen molar-refractivity contribution in [3.63, 3.8) is 0 Å². The number of hydrogen-bond donors (Lipinski definition) is 1. The molecule has 0 aliphatic carbocycles. The lowest BCUT2D eigenvalue weighted by Crippen LogP contribution is -2.20. The van der Waals surface area contributed by atoms with Gasteiger partial charge in [0.25, 0.3) is 0 Å². The van der Waals surface area contributed by atoms with Gasteiger partial charge >= 0.3 is 0 Å². The second-order valence-corrected chi connectivity index (χ2v) is 5.84. The van der Waals surface area contributed by atoms with Crippen LogP contribution in [-0.4, -0.2) is 17.0 Å². The number of nitrogens with zero attached hydrogens (tertiary/aromatic N) is 3. The molecule has 2 rings (SSSR count). The molecule has 0 spiro atoms. The predicted molar refractivity (Wildman–Crippen MR) is 81.7 cm³/mol. The van der Waals surface area contributed by atoms with Gasteiger partial charge in [-0.05, 0) is 29.3 Å². The Morgan fingerprint density at radius 2 is 2.11 bits per heavy atom. The van der Waals surface area contributed by atoms with Crippen LogP contribution in [0.25, 0.3) is 0 Å². The maximum absolute atomic E-state index is 5.99. The van der Waals surface area contributed by atoms with Crippen LogP contribution in [0.2, 0.25) is 0 Å². The van der Waals surface area contributed by atoms with Gasteiger partial charge in [0.05, 0.1) is 0 Å². The fraction of sp³-hybridized carbons (Fsp3) is 0.429. The molecule has 0 aliphatic heterocycles. The zero-order valence-electron chi connectivity index (χ0n) is 11.8. The third kappa shape index (κ3) is 3.04. The third-order valence-corrected chi connectivity index (χ3v) is 3.78.